The molecular formula is C14H19. The third-order valence-electron chi connectivity index (χ3n) is 4.22. The summed E-state index contributed by atoms with van der Waals surface area (Å²) in [5.74, 6) is 3.61. The van der Waals surface area contributed by atoms with Gasteiger partial charge in [0.1, 0.15) is 0 Å². The largest absolute Gasteiger partial charge is 0.0834 e. The van der Waals surface area contributed by atoms with Gasteiger partial charge in [0.05, 0.1) is 0 Å². The molecule has 2 saturated carbocycles. The van der Waals surface area contributed by atoms with Crippen molar-refractivity contribution >= 4 is 0 Å². The first-order chi connectivity index (χ1) is 6.93. The van der Waals surface area contributed by atoms with E-state index in [0.717, 1.165) is 11.8 Å². The topological polar surface area (TPSA) is 0 Å². The molecule has 3 aliphatic carbocycles. The van der Waals surface area contributed by atoms with Crippen LogP contribution in [0.3, 0.4) is 0 Å². The SMILES string of the molecule is C1=CC(C2CCC2)=C[C](C2CCC2)C1. The van der Waals surface area contributed by atoms with E-state index in [1.807, 2.05) is 0 Å². The van der Waals surface area contributed by atoms with Gasteiger partial charge in [0, 0.05) is 5.92 Å². The van der Waals surface area contributed by atoms with E-state index in [0.29, 0.717) is 0 Å². The van der Waals surface area contributed by atoms with Crippen molar-refractivity contribution in [2.75, 3.05) is 0 Å². The normalized spacial score (nSPS) is 29.6. The Morgan fingerprint density at radius 2 is 1.64 bits per heavy atom. The standard InChI is InChI=1S/C14H19/c1-4-11(5-1)13-8-3-9-14(10-13)12-6-2-7-12/h3,8,10-12H,1-2,4-7,9H2. The Balaban J connectivity index is 1.69. The Morgan fingerprint density at radius 1 is 0.929 bits per heavy atom. The van der Waals surface area contributed by atoms with E-state index >= 15 is 0 Å². The molecule has 0 bridgehead atoms. The van der Waals surface area contributed by atoms with E-state index in [2.05, 4.69) is 18.2 Å². The number of rotatable bonds is 2. The first kappa shape index (κ1) is 8.76. The van der Waals surface area contributed by atoms with Crippen molar-refractivity contribution in [3.63, 3.8) is 0 Å². The van der Waals surface area contributed by atoms with Crippen LogP contribution < -0.4 is 0 Å². The molecule has 75 valence electrons. The highest BCUT2D eigenvalue weighted by atomic mass is 14.3. The van der Waals surface area contributed by atoms with Crippen molar-refractivity contribution in [2.24, 2.45) is 11.8 Å². The molecule has 0 heteroatoms. The second-order valence-corrected chi connectivity index (χ2v) is 5.08. The zero-order valence-electron chi connectivity index (χ0n) is 8.84. The van der Waals surface area contributed by atoms with Crippen molar-refractivity contribution in [2.45, 2.75) is 44.9 Å². The van der Waals surface area contributed by atoms with Crippen LogP contribution in [0.2, 0.25) is 0 Å². The average Bonchev–Trinajstić information content (AvgIpc) is 1.98. The van der Waals surface area contributed by atoms with Gasteiger partial charge in [-0.15, -0.1) is 0 Å². The third-order valence-corrected chi connectivity index (χ3v) is 4.22. The van der Waals surface area contributed by atoms with Gasteiger partial charge < -0.3 is 0 Å². The molecule has 0 aromatic rings. The van der Waals surface area contributed by atoms with Gasteiger partial charge in [-0.3, -0.25) is 0 Å². The lowest BCUT2D eigenvalue weighted by Gasteiger charge is -2.35. The third kappa shape index (κ3) is 1.45. The van der Waals surface area contributed by atoms with Crippen LogP contribution >= 0.6 is 0 Å². The molecule has 0 aromatic carbocycles. The molecule has 0 nitrogen and oxygen atoms in total. The van der Waals surface area contributed by atoms with E-state index in [4.69, 9.17) is 0 Å². The molecule has 0 saturated heterocycles. The maximum absolute atomic E-state index is 2.54. The highest BCUT2D eigenvalue weighted by Crippen LogP contribution is 2.43. The summed E-state index contributed by atoms with van der Waals surface area (Å²) < 4.78 is 0. The molecule has 0 unspecified atom stereocenters. The van der Waals surface area contributed by atoms with Gasteiger partial charge in [0.25, 0.3) is 0 Å². The average molecular weight is 187 g/mol. The summed E-state index contributed by atoms with van der Waals surface area (Å²) in [6.07, 6.45) is 17.2. The molecule has 2 fully saturated rings. The van der Waals surface area contributed by atoms with Crippen LogP contribution in [0.15, 0.2) is 23.8 Å². The van der Waals surface area contributed by atoms with Gasteiger partial charge in [-0.1, -0.05) is 31.1 Å². The van der Waals surface area contributed by atoms with Gasteiger partial charge in [-0.25, -0.2) is 0 Å². The van der Waals surface area contributed by atoms with E-state index in [-0.39, 0.29) is 0 Å². The minimum absolute atomic E-state index is 0.918. The molecule has 3 rings (SSSR count). The lowest BCUT2D eigenvalue weighted by atomic mass is 9.70. The molecule has 0 amide bonds. The van der Waals surface area contributed by atoms with Gasteiger partial charge >= 0.3 is 0 Å². The number of allylic oxidation sites excluding steroid dienone is 4. The smallest absolute Gasteiger partial charge is 0.00472 e. The Labute approximate surface area is 87.1 Å². The minimum Gasteiger partial charge on any atom is -0.0834 e. The second kappa shape index (κ2) is 3.56. The predicted molar refractivity (Wildman–Crippen MR) is 59.8 cm³/mol. The fourth-order valence-corrected chi connectivity index (χ4v) is 2.71. The van der Waals surface area contributed by atoms with E-state index < -0.39 is 0 Å². The maximum Gasteiger partial charge on any atom is 0.00472 e. The molecule has 0 spiro atoms. The Hall–Kier alpha value is -0.520. The lowest BCUT2D eigenvalue weighted by molar-refractivity contribution is 0.330. The molecular weight excluding hydrogens is 168 g/mol. The van der Waals surface area contributed by atoms with Crippen molar-refractivity contribution in [3.8, 4) is 0 Å². The Kier molecular flexibility index (Phi) is 2.23. The number of hydrogen-bond acceptors (Lipinski definition) is 0. The van der Waals surface area contributed by atoms with E-state index in [1.165, 1.54) is 44.9 Å². The van der Waals surface area contributed by atoms with Crippen molar-refractivity contribution < 1.29 is 0 Å². The summed E-state index contributed by atoms with van der Waals surface area (Å²) in [5, 5.41) is 0. The van der Waals surface area contributed by atoms with Crippen molar-refractivity contribution in [1.29, 1.82) is 0 Å². The van der Waals surface area contributed by atoms with Crippen molar-refractivity contribution in [3.05, 3.63) is 29.7 Å². The molecule has 0 aliphatic heterocycles. The fourth-order valence-electron chi connectivity index (χ4n) is 2.71. The van der Waals surface area contributed by atoms with Crippen LogP contribution in [-0.4, -0.2) is 0 Å². The first-order valence-corrected chi connectivity index (χ1v) is 6.17. The summed E-state index contributed by atoms with van der Waals surface area (Å²) in [6.45, 7) is 0. The zero-order chi connectivity index (χ0) is 9.38. The molecule has 0 heterocycles. The van der Waals surface area contributed by atoms with E-state index in [1.54, 1.807) is 11.5 Å². The highest BCUT2D eigenvalue weighted by Gasteiger charge is 2.29. The second-order valence-electron chi connectivity index (χ2n) is 5.08. The maximum atomic E-state index is 2.54. The number of hydrogen-bond donors (Lipinski definition) is 0. The molecule has 0 N–H and O–H groups in total. The monoisotopic (exact) mass is 187 g/mol. The van der Waals surface area contributed by atoms with Crippen LogP contribution in [0.25, 0.3) is 0 Å². The van der Waals surface area contributed by atoms with Crippen LogP contribution in [-0.2, 0) is 0 Å². The van der Waals surface area contributed by atoms with Crippen LogP contribution in [0.4, 0.5) is 0 Å². The zero-order valence-corrected chi connectivity index (χ0v) is 8.84. The minimum atomic E-state index is 0.918. The fraction of sp³-hybridized carbons (Fsp3) is 0.643. The molecule has 3 aliphatic rings. The highest BCUT2D eigenvalue weighted by molar-refractivity contribution is 5.36. The van der Waals surface area contributed by atoms with Gasteiger partial charge in [0.2, 0.25) is 0 Å². The lowest BCUT2D eigenvalue weighted by Crippen LogP contribution is -2.22. The summed E-state index contributed by atoms with van der Waals surface area (Å²) in [5.41, 5.74) is 1.64. The molecule has 1 radical (unpaired) electrons. The van der Waals surface area contributed by atoms with Crippen LogP contribution in [0.1, 0.15) is 44.9 Å². The summed E-state index contributed by atoms with van der Waals surface area (Å²) >= 11 is 0. The molecule has 0 aromatic heterocycles. The predicted octanol–water partition coefficient (Wildman–Crippen LogP) is 4.05. The van der Waals surface area contributed by atoms with Gasteiger partial charge in [-0.05, 0) is 49.5 Å². The van der Waals surface area contributed by atoms with Gasteiger partial charge in [0.15, 0.2) is 0 Å². The first-order valence-electron chi connectivity index (χ1n) is 6.17. The molecule has 14 heavy (non-hydrogen) atoms. The Bertz CT molecular complexity index is 264. The Morgan fingerprint density at radius 3 is 2.21 bits per heavy atom. The van der Waals surface area contributed by atoms with Gasteiger partial charge in [-0.2, -0.15) is 0 Å². The van der Waals surface area contributed by atoms with Crippen LogP contribution in [0.5, 0.6) is 0 Å². The van der Waals surface area contributed by atoms with E-state index in [9.17, 15) is 0 Å². The summed E-state index contributed by atoms with van der Waals surface area (Å²) in [7, 11) is 0. The summed E-state index contributed by atoms with van der Waals surface area (Å²) in [6, 6.07) is 0. The quantitative estimate of drug-likeness (QED) is 0.612. The van der Waals surface area contributed by atoms with Crippen LogP contribution in [0, 0.1) is 17.8 Å². The van der Waals surface area contributed by atoms with Crippen molar-refractivity contribution in [1.82, 2.24) is 0 Å². The molecule has 0 atom stereocenters. The summed E-state index contributed by atoms with van der Waals surface area (Å²) in [4.78, 5) is 0.